The Morgan fingerprint density at radius 3 is 2.41 bits per heavy atom. The molecule has 1 aromatic carbocycles. The second kappa shape index (κ2) is 7.59. The van der Waals surface area contributed by atoms with Crippen LogP contribution in [0, 0.1) is 20.8 Å². The van der Waals surface area contributed by atoms with Gasteiger partial charge in [-0.15, -0.1) is 4.72 Å². The van der Waals surface area contributed by atoms with E-state index < -0.39 is 16.1 Å². The Kier molecular flexibility index (Phi) is 5.64. The van der Waals surface area contributed by atoms with E-state index in [9.17, 15) is 9.35 Å². The van der Waals surface area contributed by atoms with Gasteiger partial charge in [0.15, 0.2) is 11.7 Å². The minimum atomic E-state index is -1.26. The topological polar surface area (TPSA) is 96.0 Å². The number of aromatic nitrogens is 3. The Bertz CT molecular complexity index is 1130. The maximum absolute atomic E-state index is 13.1. The third-order valence-electron chi connectivity index (χ3n) is 4.78. The average Bonchev–Trinajstić information content (AvgIpc) is 2.95. The first kappa shape index (κ1) is 21.5. The Labute approximate surface area is 173 Å². The van der Waals surface area contributed by atoms with Gasteiger partial charge in [0, 0.05) is 30.9 Å². The van der Waals surface area contributed by atoms with Crippen LogP contribution in [0.1, 0.15) is 56.5 Å². The Balaban J connectivity index is 2.23. The predicted octanol–water partition coefficient (Wildman–Crippen LogP) is 3.63. The summed E-state index contributed by atoms with van der Waals surface area (Å²) in [5, 5.41) is 0.527. The van der Waals surface area contributed by atoms with Crippen LogP contribution < -0.4 is 10.3 Å². The van der Waals surface area contributed by atoms with Gasteiger partial charge >= 0.3 is 0 Å². The van der Waals surface area contributed by atoms with Gasteiger partial charge in [0.05, 0.1) is 16.9 Å². The first-order valence-corrected chi connectivity index (χ1v) is 10.7. The van der Waals surface area contributed by atoms with Crippen LogP contribution >= 0.6 is 0 Å². The highest BCUT2D eigenvalue weighted by atomic mass is 32.2. The fourth-order valence-electron chi connectivity index (χ4n) is 3.23. The molecule has 156 valence electrons. The van der Waals surface area contributed by atoms with Crippen molar-refractivity contribution in [3.8, 4) is 11.5 Å². The maximum atomic E-state index is 13.1. The van der Waals surface area contributed by atoms with E-state index in [1.165, 1.54) is 4.57 Å². The number of nitrogens with one attached hydrogen (secondary N) is 1. The van der Waals surface area contributed by atoms with E-state index in [1.807, 2.05) is 46.8 Å². The Morgan fingerprint density at radius 2 is 1.86 bits per heavy atom. The maximum Gasteiger partial charge on any atom is 0.261 e. The van der Waals surface area contributed by atoms with E-state index in [0.717, 1.165) is 11.1 Å². The van der Waals surface area contributed by atoms with E-state index in [0.29, 0.717) is 34.1 Å². The smallest absolute Gasteiger partial charge is 0.261 e. The highest BCUT2D eigenvalue weighted by molar-refractivity contribution is 7.90. The highest BCUT2D eigenvalue weighted by Crippen LogP contribution is 2.28. The van der Waals surface area contributed by atoms with Crippen LogP contribution in [0.25, 0.3) is 22.4 Å². The normalized spacial score (nSPS) is 14.4. The van der Waals surface area contributed by atoms with Crippen LogP contribution in [-0.4, -0.2) is 23.8 Å². The molecule has 2 aromatic heterocycles. The zero-order chi connectivity index (χ0) is 21.7. The molecular weight excluding hydrogens is 388 g/mol. The van der Waals surface area contributed by atoms with Gasteiger partial charge in [-0.2, -0.15) is 0 Å². The van der Waals surface area contributed by atoms with E-state index in [1.54, 1.807) is 20.9 Å². The van der Waals surface area contributed by atoms with Gasteiger partial charge in [0.2, 0.25) is 0 Å². The number of hydrogen-bond donors (Lipinski definition) is 1. The fraction of sp³-hybridized carbons (Fsp3) is 0.476. The van der Waals surface area contributed by atoms with E-state index >= 15 is 0 Å². The SMILES string of the molecule is Cc1cc([C@@H](C)N[S+]([O-])C(C)(C)C)c2nc(-c3nc(C)oc3C)n(C)c(=O)c2c1. The van der Waals surface area contributed by atoms with Crippen LogP contribution in [0.3, 0.4) is 0 Å². The molecule has 0 aliphatic rings. The molecule has 1 unspecified atom stereocenters. The second-order valence-corrected chi connectivity index (χ2v) is 10.4. The molecule has 0 aliphatic heterocycles. The van der Waals surface area contributed by atoms with Crippen molar-refractivity contribution in [2.45, 2.75) is 59.3 Å². The molecule has 7 nitrogen and oxygen atoms in total. The molecule has 8 heteroatoms. The summed E-state index contributed by atoms with van der Waals surface area (Å²) in [5.41, 5.74) is 2.76. The van der Waals surface area contributed by atoms with Gasteiger partial charge in [0.1, 0.15) is 16.2 Å². The minimum Gasteiger partial charge on any atom is -0.598 e. The summed E-state index contributed by atoms with van der Waals surface area (Å²) in [4.78, 5) is 22.4. The van der Waals surface area contributed by atoms with Crippen LogP contribution in [0.5, 0.6) is 0 Å². The number of nitrogens with zero attached hydrogens (tertiary/aromatic N) is 3. The molecular formula is C21H28N4O3S. The number of hydrogen-bond acceptors (Lipinski definition) is 6. The molecule has 3 rings (SSSR count). The monoisotopic (exact) mass is 416 g/mol. The standard InChI is InChI=1S/C21H28N4O3S/c1-11-9-15(12(2)24-29(27)21(5,6)7)18-16(10-11)20(26)25(8)19(23-18)17-13(3)28-14(4)22-17/h9-10,12,24H,1-8H3/t12-,29?/m1/s1. The molecule has 3 aromatic rings. The van der Waals surface area contributed by atoms with Crippen molar-refractivity contribution in [3.63, 3.8) is 0 Å². The third-order valence-corrected chi connectivity index (χ3v) is 6.46. The first-order valence-electron chi connectivity index (χ1n) is 9.54. The Hall–Kier alpha value is -2.16. The van der Waals surface area contributed by atoms with Crippen LogP contribution in [-0.2, 0) is 18.4 Å². The molecule has 0 saturated heterocycles. The van der Waals surface area contributed by atoms with Crippen molar-refractivity contribution in [2.75, 3.05) is 0 Å². The molecule has 1 N–H and O–H groups in total. The summed E-state index contributed by atoms with van der Waals surface area (Å²) >= 11 is -1.26. The molecule has 0 spiro atoms. The lowest BCUT2D eigenvalue weighted by Gasteiger charge is -2.27. The zero-order valence-corrected chi connectivity index (χ0v) is 19.0. The number of aryl methyl sites for hydroxylation is 3. The zero-order valence-electron chi connectivity index (χ0n) is 18.2. The van der Waals surface area contributed by atoms with Crippen molar-refractivity contribution in [1.82, 2.24) is 19.3 Å². The average molecular weight is 417 g/mol. The molecule has 0 aliphatic carbocycles. The summed E-state index contributed by atoms with van der Waals surface area (Å²) < 4.78 is 22.4. The highest BCUT2D eigenvalue weighted by Gasteiger charge is 2.29. The number of fused-ring (bicyclic) bond motifs is 1. The quantitative estimate of drug-likeness (QED) is 0.653. The molecule has 0 radical (unpaired) electrons. The third kappa shape index (κ3) is 4.10. The Morgan fingerprint density at radius 1 is 1.21 bits per heavy atom. The molecule has 0 saturated carbocycles. The second-order valence-electron chi connectivity index (χ2n) is 8.41. The fourth-order valence-corrected chi connectivity index (χ4v) is 4.03. The largest absolute Gasteiger partial charge is 0.598 e. The van der Waals surface area contributed by atoms with E-state index in [2.05, 4.69) is 9.71 Å². The van der Waals surface area contributed by atoms with Crippen LogP contribution in [0.15, 0.2) is 21.3 Å². The lowest BCUT2D eigenvalue weighted by molar-refractivity contribution is 0.494. The van der Waals surface area contributed by atoms with Crippen LogP contribution in [0.4, 0.5) is 0 Å². The number of benzene rings is 1. The number of oxazole rings is 1. The summed E-state index contributed by atoms with van der Waals surface area (Å²) in [6, 6.07) is 3.56. The van der Waals surface area contributed by atoms with Gasteiger partial charge in [-0.25, -0.2) is 9.97 Å². The molecule has 0 fully saturated rings. The summed E-state index contributed by atoms with van der Waals surface area (Å²) in [7, 11) is 1.69. The molecule has 2 heterocycles. The summed E-state index contributed by atoms with van der Waals surface area (Å²) in [6.07, 6.45) is 0. The summed E-state index contributed by atoms with van der Waals surface area (Å²) in [6.45, 7) is 13.2. The summed E-state index contributed by atoms with van der Waals surface area (Å²) in [5.74, 6) is 1.58. The van der Waals surface area contributed by atoms with Crippen molar-refractivity contribution >= 4 is 22.3 Å². The van der Waals surface area contributed by atoms with Gasteiger partial charge in [-0.3, -0.25) is 9.36 Å². The van der Waals surface area contributed by atoms with Gasteiger partial charge < -0.3 is 8.97 Å². The van der Waals surface area contributed by atoms with Crippen LogP contribution in [0.2, 0.25) is 0 Å². The first-order chi connectivity index (χ1) is 13.4. The predicted molar refractivity (Wildman–Crippen MR) is 116 cm³/mol. The molecule has 29 heavy (non-hydrogen) atoms. The minimum absolute atomic E-state index is 0.154. The van der Waals surface area contributed by atoms with Crippen molar-refractivity contribution in [1.29, 1.82) is 0 Å². The molecule has 2 atom stereocenters. The van der Waals surface area contributed by atoms with E-state index in [-0.39, 0.29) is 11.6 Å². The van der Waals surface area contributed by atoms with Gasteiger partial charge in [-0.1, -0.05) is 6.07 Å². The lowest BCUT2D eigenvalue weighted by atomic mass is 10.0. The lowest BCUT2D eigenvalue weighted by Crippen LogP contribution is -2.40. The van der Waals surface area contributed by atoms with E-state index in [4.69, 9.17) is 9.40 Å². The van der Waals surface area contributed by atoms with Crippen molar-refractivity contribution < 1.29 is 8.97 Å². The van der Waals surface area contributed by atoms with Crippen molar-refractivity contribution in [2.24, 2.45) is 7.05 Å². The van der Waals surface area contributed by atoms with Crippen molar-refractivity contribution in [3.05, 3.63) is 45.3 Å². The van der Waals surface area contributed by atoms with Gasteiger partial charge in [-0.05, 0) is 53.2 Å². The molecule has 0 bridgehead atoms. The number of rotatable bonds is 4. The molecule has 0 amide bonds. The van der Waals surface area contributed by atoms with Gasteiger partial charge in [0.25, 0.3) is 5.56 Å².